The fourth-order valence-electron chi connectivity index (χ4n) is 6.96. The molecule has 1 saturated heterocycles. The Morgan fingerprint density at radius 1 is 0.863 bits per heavy atom. The van der Waals surface area contributed by atoms with Gasteiger partial charge in [-0.25, -0.2) is 5.06 Å². The number of benzene rings is 4. The van der Waals surface area contributed by atoms with Crippen molar-refractivity contribution in [2.75, 3.05) is 45.6 Å². The molecule has 0 N–H and O–H groups in total. The minimum absolute atomic E-state index is 0.0468. The van der Waals surface area contributed by atoms with Crippen LogP contribution in [0.25, 0.3) is 0 Å². The van der Waals surface area contributed by atoms with Gasteiger partial charge in [-0.2, -0.15) is 0 Å². The molecule has 0 spiro atoms. The fraction of sp³-hybridized carbons (Fsp3) is 0.395. The number of hydroxylamine groups is 2. The number of piperazine rings is 1. The third kappa shape index (κ3) is 9.29. The Morgan fingerprint density at radius 2 is 1.43 bits per heavy atom. The van der Waals surface area contributed by atoms with E-state index in [4.69, 9.17) is 9.57 Å². The Labute approximate surface area is 308 Å². The Morgan fingerprint density at radius 3 is 1.94 bits per heavy atom. The number of thioether (sulfide) groups is 1. The average molecular weight is 708 g/mol. The van der Waals surface area contributed by atoms with Crippen LogP contribution in [0.1, 0.15) is 65.4 Å². The summed E-state index contributed by atoms with van der Waals surface area (Å²) in [4.78, 5) is 37.5. The number of carbonyl (C=O) groups excluding carboxylic acids is 2. The van der Waals surface area contributed by atoms with Crippen molar-refractivity contribution in [1.29, 1.82) is 0 Å². The Kier molecular flexibility index (Phi) is 13.1. The van der Waals surface area contributed by atoms with Gasteiger partial charge in [0.1, 0.15) is 0 Å². The molecule has 4 aromatic carbocycles. The van der Waals surface area contributed by atoms with Crippen LogP contribution in [0.2, 0.25) is 0 Å². The number of nitrogens with zero attached hydrogens (tertiary/aromatic N) is 3. The molecule has 2 atom stereocenters. The van der Waals surface area contributed by atoms with Gasteiger partial charge in [0, 0.05) is 57.3 Å². The van der Waals surface area contributed by atoms with E-state index in [0.717, 1.165) is 46.2 Å². The maximum Gasteiger partial charge on any atom is 0.254 e. The molecule has 0 aliphatic carbocycles. The summed E-state index contributed by atoms with van der Waals surface area (Å²) in [7, 11) is 1.72. The van der Waals surface area contributed by atoms with E-state index in [2.05, 4.69) is 77.7 Å². The predicted octanol–water partition coefficient (Wildman–Crippen LogP) is 7.75. The van der Waals surface area contributed by atoms with E-state index >= 15 is 0 Å². The highest BCUT2D eigenvalue weighted by atomic mass is 32.2. The third-order valence-corrected chi connectivity index (χ3v) is 11.4. The molecule has 51 heavy (non-hydrogen) atoms. The average Bonchev–Trinajstić information content (AvgIpc) is 3.15. The largest absolute Gasteiger partial charge is 0.385 e. The SMILES string of the molecule is COCC[C@H]1CN(C(=O)c2cccc(C)c2C)CCN1C[C@H](CSC(c1ccccc1)(c1ccccc1)c1ccccc1)N(C=O)OC(C)(C)C. The van der Waals surface area contributed by atoms with Crippen molar-refractivity contribution in [1.82, 2.24) is 14.9 Å². The zero-order valence-electron chi connectivity index (χ0n) is 31.0. The number of hydrogen-bond acceptors (Lipinski definition) is 6. The first-order valence-electron chi connectivity index (χ1n) is 17.9. The summed E-state index contributed by atoms with van der Waals surface area (Å²) >= 11 is 1.82. The number of carbonyl (C=O) groups is 2. The monoisotopic (exact) mass is 707 g/mol. The summed E-state index contributed by atoms with van der Waals surface area (Å²) in [5.41, 5.74) is 5.81. The van der Waals surface area contributed by atoms with Crippen molar-refractivity contribution >= 4 is 24.1 Å². The van der Waals surface area contributed by atoms with Gasteiger partial charge in [0.05, 0.1) is 16.4 Å². The van der Waals surface area contributed by atoms with Crippen LogP contribution in [0.5, 0.6) is 0 Å². The molecule has 1 heterocycles. The lowest BCUT2D eigenvalue weighted by Gasteiger charge is -2.45. The molecule has 1 fully saturated rings. The number of aryl methyl sites for hydroxylation is 1. The van der Waals surface area contributed by atoms with Crippen molar-refractivity contribution in [3.8, 4) is 0 Å². The van der Waals surface area contributed by atoms with E-state index in [0.29, 0.717) is 38.5 Å². The highest BCUT2D eigenvalue weighted by molar-refractivity contribution is 8.00. The standard InChI is InChI=1S/C43H53N3O4S/c1-33-17-16-24-40(34(33)2)41(48)45-27-26-44(38(29-45)25-28-49-6)30-39(46(32-47)50-42(3,4)5)31-51-43(35-18-10-7-11-19-35,36-20-12-8-13-21-36)37-22-14-9-15-23-37/h7-24,32,38-39H,25-31H2,1-6H3/t38-,39+/m0/s1. The van der Waals surface area contributed by atoms with Gasteiger partial charge in [-0.3, -0.25) is 19.3 Å². The zero-order valence-corrected chi connectivity index (χ0v) is 31.8. The summed E-state index contributed by atoms with van der Waals surface area (Å²) in [6.45, 7) is 13.0. The van der Waals surface area contributed by atoms with Crippen LogP contribution in [0.3, 0.4) is 0 Å². The molecule has 4 aromatic rings. The predicted molar refractivity (Wildman–Crippen MR) is 208 cm³/mol. The van der Waals surface area contributed by atoms with Gasteiger partial charge in [0.25, 0.3) is 5.91 Å². The number of ether oxygens (including phenoxy) is 1. The van der Waals surface area contributed by atoms with Crippen molar-refractivity contribution in [2.24, 2.45) is 0 Å². The molecule has 0 aromatic heterocycles. The molecule has 5 rings (SSSR count). The van der Waals surface area contributed by atoms with Crippen molar-refractivity contribution in [3.05, 3.63) is 143 Å². The van der Waals surface area contributed by atoms with Gasteiger partial charge in [0.2, 0.25) is 6.41 Å². The molecule has 1 aliphatic heterocycles. The van der Waals surface area contributed by atoms with Crippen LogP contribution in [0.4, 0.5) is 0 Å². The summed E-state index contributed by atoms with van der Waals surface area (Å²) < 4.78 is 5.01. The lowest BCUT2D eigenvalue weighted by atomic mass is 9.84. The number of rotatable bonds is 15. The minimum atomic E-state index is -0.578. The van der Waals surface area contributed by atoms with Gasteiger partial charge >= 0.3 is 0 Å². The van der Waals surface area contributed by atoms with E-state index in [-0.39, 0.29) is 18.0 Å². The second-order valence-electron chi connectivity index (χ2n) is 14.3. The summed E-state index contributed by atoms with van der Waals surface area (Å²) in [6, 6.07) is 37.5. The first-order chi connectivity index (χ1) is 24.6. The second-order valence-corrected chi connectivity index (χ2v) is 15.6. The second kappa shape index (κ2) is 17.5. The smallest absolute Gasteiger partial charge is 0.254 e. The lowest BCUT2D eigenvalue weighted by molar-refractivity contribution is -0.231. The maximum atomic E-state index is 13.8. The summed E-state index contributed by atoms with van der Waals surface area (Å²) in [5, 5.41) is 1.53. The van der Waals surface area contributed by atoms with Gasteiger partial charge in [-0.1, -0.05) is 103 Å². The van der Waals surface area contributed by atoms with Crippen LogP contribution in [0.15, 0.2) is 109 Å². The van der Waals surface area contributed by atoms with Gasteiger partial charge in [-0.15, -0.1) is 11.8 Å². The van der Waals surface area contributed by atoms with Crippen molar-refractivity contribution in [2.45, 2.75) is 63.5 Å². The number of amides is 2. The van der Waals surface area contributed by atoms with Crippen molar-refractivity contribution < 1.29 is 19.2 Å². The molecular weight excluding hydrogens is 655 g/mol. The number of methoxy groups -OCH3 is 1. The highest BCUT2D eigenvalue weighted by Gasteiger charge is 2.40. The summed E-state index contributed by atoms with van der Waals surface area (Å²) in [5.74, 6) is 0.654. The topological polar surface area (TPSA) is 62.3 Å². The Balaban J connectivity index is 1.49. The molecule has 0 bridgehead atoms. The van der Waals surface area contributed by atoms with Crippen LogP contribution >= 0.6 is 11.8 Å². The normalized spacial score (nSPS) is 16.1. The Hall–Kier alpha value is -3.95. The molecule has 0 saturated carbocycles. The van der Waals surface area contributed by atoms with E-state index in [1.807, 2.05) is 87.7 Å². The van der Waals surface area contributed by atoms with Gasteiger partial charge < -0.3 is 9.64 Å². The van der Waals surface area contributed by atoms with E-state index < -0.39 is 10.3 Å². The lowest BCUT2D eigenvalue weighted by Crippen LogP contribution is -2.58. The molecule has 270 valence electrons. The number of hydrogen-bond donors (Lipinski definition) is 0. The van der Waals surface area contributed by atoms with Crippen LogP contribution < -0.4 is 0 Å². The quantitative estimate of drug-likeness (QED) is 0.0716. The van der Waals surface area contributed by atoms with Gasteiger partial charge in [0.15, 0.2) is 0 Å². The molecular formula is C43H53N3O4S. The molecule has 1 aliphatic rings. The molecule has 8 heteroatoms. The van der Waals surface area contributed by atoms with E-state index in [1.54, 1.807) is 7.11 Å². The first-order valence-corrected chi connectivity index (χ1v) is 18.9. The van der Waals surface area contributed by atoms with Crippen LogP contribution in [-0.4, -0.2) is 90.5 Å². The highest BCUT2D eigenvalue weighted by Crippen LogP contribution is 2.49. The molecule has 0 radical (unpaired) electrons. The van der Waals surface area contributed by atoms with E-state index in [1.165, 1.54) is 5.06 Å². The fourth-order valence-corrected chi connectivity index (χ4v) is 8.57. The minimum Gasteiger partial charge on any atom is -0.385 e. The molecule has 2 amide bonds. The first kappa shape index (κ1) is 38.3. The van der Waals surface area contributed by atoms with Crippen LogP contribution in [0, 0.1) is 13.8 Å². The van der Waals surface area contributed by atoms with Gasteiger partial charge in [-0.05, 0) is 74.9 Å². The maximum absolute atomic E-state index is 13.8. The Bertz CT molecular complexity index is 1600. The van der Waals surface area contributed by atoms with Crippen molar-refractivity contribution in [3.63, 3.8) is 0 Å². The molecule has 0 unspecified atom stereocenters. The molecule has 7 nitrogen and oxygen atoms in total. The summed E-state index contributed by atoms with van der Waals surface area (Å²) in [6.07, 6.45) is 1.59. The van der Waals surface area contributed by atoms with Crippen LogP contribution in [-0.2, 0) is 19.1 Å². The van der Waals surface area contributed by atoms with E-state index in [9.17, 15) is 9.59 Å². The zero-order chi connectivity index (χ0) is 36.4. The third-order valence-electron chi connectivity index (χ3n) is 9.70.